The first-order chi connectivity index (χ1) is 7.95. The maximum absolute atomic E-state index is 12.2. The smallest absolute Gasteiger partial charge is 0.382 e. The molecule has 2 nitrogen and oxygen atoms in total. The Hall–Kier alpha value is 0.0600. The Morgan fingerprint density at radius 1 is 1.35 bits per heavy atom. The van der Waals surface area contributed by atoms with Gasteiger partial charge in [0.2, 0.25) is 0 Å². The van der Waals surface area contributed by atoms with Crippen molar-refractivity contribution in [1.82, 2.24) is 5.32 Å². The van der Waals surface area contributed by atoms with Gasteiger partial charge in [-0.15, -0.1) is 0 Å². The molecular formula is C11H20F3NOS. The topological polar surface area (TPSA) is 32.3 Å². The Bertz CT molecular complexity index is 223. The number of alkyl halides is 3. The molecule has 0 aromatic heterocycles. The van der Waals surface area contributed by atoms with Crippen LogP contribution in [0.5, 0.6) is 0 Å². The molecule has 0 aromatic rings. The van der Waals surface area contributed by atoms with Gasteiger partial charge in [0.25, 0.3) is 0 Å². The first-order valence-corrected chi connectivity index (χ1v) is 7.09. The van der Waals surface area contributed by atoms with Gasteiger partial charge in [0.15, 0.2) is 6.10 Å². The zero-order chi connectivity index (χ0) is 12.9. The minimum absolute atomic E-state index is 0.102. The second-order valence-corrected chi connectivity index (χ2v) is 5.87. The summed E-state index contributed by atoms with van der Waals surface area (Å²) in [6, 6.07) is 0.102. The van der Waals surface area contributed by atoms with Crippen molar-refractivity contribution in [3.63, 3.8) is 0 Å². The van der Waals surface area contributed by atoms with Crippen molar-refractivity contribution in [2.75, 3.05) is 12.3 Å². The van der Waals surface area contributed by atoms with Crippen molar-refractivity contribution >= 4 is 11.8 Å². The van der Waals surface area contributed by atoms with Crippen LogP contribution >= 0.6 is 11.8 Å². The number of thioether (sulfide) groups is 1. The maximum Gasteiger partial charge on any atom is 0.415 e. The summed E-state index contributed by atoms with van der Waals surface area (Å²) < 4.78 is 36.5. The van der Waals surface area contributed by atoms with Crippen LogP contribution in [0.3, 0.4) is 0 Å². The summed E-state index contributed by atoms with van der Waals surface area (Å²) >= 11 is 1.79. The van der Waals surface area contributed by atoms with Crippen LogP contribution in [0.4, 0.5) is 13.2 Å². The number of halogens is 3. The van der Waals surface area contributed by atoms with E-state index in [4.69, 9.17) is 5.11 Å². The molecule has 6 heteroatoms. The summed E-state index contributed by atoms with van der Waals surface area (Å²) in [6.07, 6.45) is -2.61. The lowest BCUT2D eigenvalue weighted by atomic mass is 9.95. The van der Waals surface area contributed by atoms with Gasteiger partial charge in [-0.1, -0.05) is 19.8 Å². The van der Waals surface area contributed by atoms with Crippen LogP contribution in [0.15, 0.2) is 0 Å². The molecule has 1 rings (SSSR count). The molecule has 0 aromatic carbocycles. The normalized spacial score (nSPS) is 28.1. The molecule has 1 aliphatic rings. The molecule has 2 N–H and O–H groups in total. The van der Waals surface area contributed by atoms with E-state index in [0.29, 0.717) is 5.25 Å². The van der Waals surface area contributed by atoms with Gasteiger partial charge in [-0.05, 0) is 18.6 Å². The van der Waals surface area contributed by atoms with E-state index in [2.05, 4.69) is 12.2 Å². The lowest BCUT2D eigenvalue weighted by Gasteiger charge is -2.32. The predicted octanol–water partition coefficient (Wildman–Crippen LogP) is 2.56. The molecule has 0 aliphatic heterocycles. The molecule has 3 unspecified atom stereocenters. The van der Waals surface area contributed by atoms with Crippen molar-refractivity contribution in [1.29, 1.82) is 0 Å². The van der Waals surface area contributed by atoms with E-state index in [-0.39, 0.29) is 6.04 Å². The average Bonchev–Trinajstić information content (AvgIpc) is 2.26. The third-order valence-electron chi connectivity index (χ3n) is 3.03. The second kappa shape index (κ2) is 6.85. The zero-order valence-corrected chi connectivity index (χ0v) is 10.8. The standard InChI is InChI=1S/C11H20F3NOS/c1-2-17-9-6-4-3-5-8(9)15-7-10(16)11(12,13)14/h8-10,15-16H,2-7H2,1H3. The summed E-state index contributed by atoms with van der Waals surface area (Å²) in [6.45, 7) is 1.66. The van der Waals surface area contributed by atoms with Crippen LogP contribution in [0, 0.1) is 0 Å². The van der Waals surface area contributed by atoms with Crippen LogP contribution in [-0.2, 0) is 0 Å². The van der Waals surface area contributed by atoms with E-state index in [1.807, 2.05) is 0 Å². The van der Waals surface area contributed by atoms with Gasteiger partial charge in [-0.3, -0.25) is 0 Å². The quantitative estimate of drug-likeness (QED) is 0.806. The predicted molar refractivity (Wildman–Crippen MR) is 64.2 cm³/mol. The molecule has 0 radical (unpaired) electrons. The van der Waals surface area contributed by atoms with Crippen molar-refractivity contribution in [2.45, 2.75) is 56.2 Å². The molecule has 102 valence electrons. The number of aliphatic hydroxyl groups excluding tert-OH is 1. The van der Waals surface area contributed by atoms with Crippen molar-refractivity contribution in [3.05, 3.63) is 0 Å². The number of rotatable bonds is 5. The van der Waals surface area contributed by atoms with Crippen molar-refractivity contribution in [3.8, 4) is 0 Å². The third-order valence-corrected chi connectivity index (χ3v) is 4.36. The molecule has 0 heterocycles. The van der Waals surface area contributed by atoms with Gasteiger partial charge in [0, 0.05) is 17.8 Å². The van der Waals surface area contributed by atoms with Gasteiger partial charge in [-0.2, -0.15) is 24.9 Å². The van der Waals surface area contributed by atoms with E-state index in [1.165, 1.54) is 0 Å². The number of hydrogen-bond acceptors (Lipinski definition) is 3. The van der Waals surface area contributed by atoms with Gasteiger partial charge in [0.05, 0.1) is 0 Å². The van der Waals surface area contributed by atoms with E-state index in [9.17, 15) is 13.2 Å². The summed E-state index contributed by atoms with van der Waals surface area (Å²) in [4.78, 5) is 0. The summed E-state index contributed by atoms with van der Waals surface area (Å²) in [5, 5.41) is 12.2. The molecule has 3 atom stereocenters. The highest BCUT2D eigenvalue weighted by Crippen LogP contribution is 2.29. The molecule has 17 heavy (non-hydrogen) atoms. The molecule has 0 saturated heterocycles. The fourth-order valence-corrected chi connectivity index (χ4v) is 3.35. The first-order valence-electron chi connectivity index (χ1n) is 6.05. The SMILES string of the molecule is CCSC1CCCCC1NCC(O)C(F)(F)F. The Balaban J connectivity index is 2.37. The van der Waals surface area contributed by atoms with Crippen molar-refractivity contribution < 1.29 is 18.3 Å². The molecule has 1 saturated carbocycles. The van der Waals surface area contributed by atoms with Gasteiger partial charge >= 0.3 is 6.18 Å². The Morgan fingerprint density at radius 3 is 2.59 bits per heavy atom. The van der Waals surface area contributed by atoms with Crippen LogP contribution in [0.25, 0.3) is 0 Å². The lowest BCUT2D eigenvalue weighted by Crippen LogP contribution is -2.47. The summed E-state index contributed by atoms with van der Waals surface area (Å²) in [7, 11) is 0. The Kier molecular flexibility index (Phi) is 6.09. The minimum atomic E-state index is -4.52. The third kappa shape index (κ3) is 5.06. The van der Waals surface area contributed by atoms with Gasteiger partial charge in [-0.25, -0.2) is 0 Å². The van der Waals surface area contributed by atoms with Crippen LogP contribution in [0.2, 0.25) is 0 Å². The van der Waals surface area contributed by atoms with Crippen molar-refractivity contribution in [2.24, 2.45) is 0 Å². The van der Waals surface area contributed by atoms with Gasteiger partial charge < -0.3 is 10.4 Å². The second-order valence-electron chi connectivity index (χ2n) is 4.35. The summed E-state index contributed by atoms with van der Waals surface area (Å²) in [5.41, 5.74) is 0. The Morgan fingerprint density at radius 2 is 2.00 bits per heavy atom. The highest BCUT2D eigenvalue weighted by Gasteiger charge is 2.38. The highest BCUT2D eigenvalue weighted by molar-refractivity contribution is 7.99. The number of nitrogens with one attached hydrogen (secondary N) is 1. The summed E-state index contributed by atoms with van der Waals surface area (Å²) in [5.74, 6) is 0.977. The van der Waals surface area contributed by atoms with E-state index in [1.54, 1.807) is 11.8 Å². The van der Waals surface area contributed by atoms with Crippen LogP contribution < -0.4 is 5.32 Å². The molecule has 0 spiro atoms. The van der Waals surface area contributed by atoms with E-state index >= 15 is 0 Å². The molecular weight excluding hydrogens is 251 g/mol. The molecule has 1 fully saturated rings. The molecule has 0 bridgehead atoms. The largest absolute Gasteiger partial charge is 0.415 e. The van der Waals surface area contributed by atoms with Crippen LogP contribution in [-0.4, -0.2) is 41.0 Å². The van der Waals surface area contributed by atoms with E-state index < -0.39 is 18.8 Å². The lowest BCUT2D eigenvalue weighted by molar-refractivity contribution is -0.202. The fraction of sp³-hybridized carbons (Fsp3) is 1.00. The monoisotopic (exact) mass is 271 g/mol. The van der Waals surface area contributed by atoms with Gasteiger partial charge in [0.1, 0.15) is 0 Å². The minimum Gasteiger partial charge on any atom is -0.382 e. The Labute approximate surface area is 104 Å². The number of aliphatic hydroxyl groups is 1. The maximum atomic E-state index is 12.2. The first kappa shape index (κ1) is 15.1. The van der Waals surface area contributed by atoms with Crippen LogP contribution in [0.1, 0.15) is 32.6 Å². The highest BCUT2D eigenvalue weighted by atomic mass is 32.2. The average molecular weight is 271 g/mol. The zero-order valence-electron chi connectivity index (χ0n) is 9.96. The number of hydrogen-bond donors (Lipinski definition) is 2. The van der Waals surface area contributed by atoms with E-state index in [0.717, 1.165) is 31.4 Å². The molecule has 1 aliphatic carbocycles. The fourth-order valence-electron chi connectivity index (χ4n) is 2.12. The molecule has 0 amide bonds.